The largest absolute Gasteiger partial charge is 0.423 e. The molecule has 0 spiro atoms. The van der Waals surface area contributed by atoms with Gasteiger partial charge in [-0.3, -0.25) is 0 Å². The monoisotopic (exact) mass is 233 g/mol. The van der Waals surface area contributed by atoms with Crippen LogP contribution in [-0.2, 0) is 6.18 Å². The highest BCUT2D eigenvalue weighted by Gasteiger charge is 2.39. The van der Waals surface area contributed by atoms with Crippen LogP contribution in [0.2, 0.25) is 0 Å². The van der Waals surface area contributed by atoms with E-state index in [1.54, 1.807) is 0 Å². The van der Waals surface area contributed by atoms with E-state index in [1.807, 2.05) is 0 Å². The molecule has 1 rings (SSSR count). The molecule has 8 heteroatoms. The van der Waals surface area contributed by atoms with Gasteiger partial charge in [0.15, 0.2) is 0 Å². The lowest BCUT2D eigenvalue weighted by atomic mass is 10.2. The van der Waals surface area contributed by atoms with Crippen LogP contribution in [0.5, 0.6) is 0 Å². The molecule has 1 nitrogen and oxygen atoms in total. The number of hydrogen-bond donors (Lipinski definition) is 0. The first-order valence-corrected chi connectivity index (χ1v) is 3.44. The Labute approximate surface area is 78.5 Å². The predicted molar refractivity (Wildman–Crippen MR) is 34.1 cm³/mol. The van der Waals surface area contributed by atoms with Gasteiger partial charge in [0.05, 0.1) is 0 Å². The van der Waals surface area contributed by atoms with E-state index in [2.05, 4.69) is 4.98 Å². The highest BCUT2D eigenvalue weighted by molar-refractivity contribution is 5.21. The van der Waals surface area contributed by atoms with Gasteiger partial charge in [0, 0.05) is 6.07 Å². The summed E-state index contributed by atoms with van der Waals surface area (Å²) in [6.07, 6.45) is -8.64. The van der Waals surface area contributed by atoms with E-state index in [0.29, 0.717) is 0 Å². The van der Waals surface area contributed by atoms with Crippen LogP contribution < -0.4 is 0 Å². The van der Waals surface area contributed by atoms with Crippen molar-refractivity contribution in [2.24, 2.45) is 0 Å². The van der Waals surface area contributed by atoms with Crippen molar-refractivity contribution < 1.29 is 30.7 Å². The quantitative estimate of drug-likeness (QED) is 0.535. The lowest BCUT2D eigenvalue weighted by molar-refractivity contribution is -0.143. The van der Waals surface area contributed by atoms with Gasteiger partial charge in [-0.2, -0.15) is 17.6 Å². The number of rotatable bonds is 1. The first-order valence-electron chi connectivity index (χ1n) is 3.44. The molecule has 0 unspecified atom stereocenters. The zero-order chi connectivity index (χ0) is 11.8. The van der Waals surface area contributed by atoms with Crippen LogP contribution in [-0.4, -0.2) is 4.98 Å². The van der Waals surface area contributed by atoms with E-state index in [-0.39, 0.29) is 6.07 Å². The average Bonchev–Trinajstić information content (AvgIpc) is 1.99. The zero-order valence-electron chi connectivity index (χ0n) is 6.75. The van der Waals surface area contributed by atoms with Crippen molar-refractivity contribution in [1.82, 2.24) is 4.98 Å². The molecule has 0 aliphatic rings. The second kappa shape index (κ2) is 3.67. The molecule has 0 fully saturated rings. The van der Waals surface area contributed by atoms with Crippen LogP contribution in [0.25, 0.3) is 0 Å². The molecule has 1 aromatic heterocycles. The Morgan fingerprint density at radius 3 is 2.00 bits per heavy atom. The molecule has 1 heterocycles. The Kier molecular flexibility index (Phi) is 2.87. The molecule has 0 saturated carbocycles. The van der Waals surface area contributed by atoms with Crippen LogP contribution in [0.15, 0.2) is 6.07 Å². The first-order chi connectivity index (χ1) is 6.73. The van der Waals surface area contributed by atoms with Crippen LogP contribution in [0.1, 0.15) is 17.7 Å². The van der Waals surface area contributed by atoms with E-state index in [4.69, 9.17) is 0 Å². The van der Waals surface area contributed by atoms with Crippen molar-refractivity contribution >= 4 is 0 Å². The minimum absolute atomic E-state index is 0.142. The van der Waals surface area contributed by atoms with Gasteiger partial charge in [-0.15, -0.1) is 0 Å². The van der Waals surface area contributed by atoms with Gasteiger partial charge in [-0.05, 0) is 0 Å². The van der Waals surface area contributed by atoms with Crippen molar-refractivity contribution in [3.05, 3.63) is 29.1 Å². The summed E-state index contributed by atoms with van der Waals surface area (Å²) >= 11 is 0. The van der Waals surface area contributed by atoms with Crippen LogP contribution in [0.4, 0.5) is 30.7 Å². The normalized spacial score (nSPS) is 12.3. The predicted octanol–water partition coefficient (Wildman–Crippen LogP) is 3.32. The minimum atomic E-state index is -5.30. The minimum Gasteiger partial charge on any atom is -0.218 e. The fourth-order valence-electron chi connectivity index (χ4n) is 0.866. The van der Waals surface area contributed by atoms with E-state index in [1.165, 1.54) is 0 Å². The third kappa shape index (κ3) is 2.37. The summed E-state index contributed by atoms with van der Waals surface area (Å²) < 4.78 is 84.8. The molecule has 15 heavy (non-hydrogen) atoms. The van der Waals surface area contributed by atoms with Crippen LogP contribution >= 0.6 is 0 Å². The van der Waals surface area contributed by atoms with Gasteiger partial charge >= 0.3 is 6.18 Å². The van der Waals surface area contributed by atoms with Crippen molar-refractivity contribution in [2.75, 3.05) is 0 Å². The van der Waals surface area contributed by atoms with E-state index in [0.717, 1.165) is 0 Å². The smallest absolute Gasteiger partial charge is 0.218 e. The molecular formula is C7H2F7N. The number of alkyl halides is 5. The maximum atomic E-state index is 12.6. The standard InChI is InChI=1S/C7H2F7N/c8-2-1-3(5(9)10)15-6(11)4(2)7(12,13)14/h1,5H. The van der Waals surface area contributed by atoms with E-state index >= 15 is 0 Å². The van der Waals surface area contributed by atoms with Crippen LogP contribution in [0.3, 0.4) is 0 Å². The van der Waals surface area contributed by atoms with Gasteiger partial charge in [-0.1, -0.05) is 0 Å². The fraction of sp³-hybridized carbons (Fsp3) is 0.286. The molecule has 0 aromatic carbocycles. The summed E-state index contributed by atoms with van der Waals surface area (Å²) in [4.78, 5) is 2.32. The Morgan fingerprint density at radius 1 is 1.13 bits per heavy atom. The fourth-order valence-corrected chi connectivity index (χ4v) is 0.866. The third-order valence-corrected chi connectivity index (χ3v) is 1.45. The summed E-state index contributed by atoms with van der Waals surface area (Å²) in [5.74, 6) is -4.40. The Hall–Kier alpha value is -1.34. The van der Waals surface area contributed by atoms with Crippen molar-refractivity contribution in [3.8, 4) is 0 Å². The molecule has 0 amide bonds. The number of aromatic nitrogens is 1. The lowest BCUT2D eigenvalue weighted by Crippen LogP contribution is -2.14. The summed E-state index contributed by atoms with van der Waals surface area (Å²) in [5, 5.41) is 0. The van der Waals surface area contributed by atoms with Gasteiger partial charge in [0.2, 0.25) is 5.95 Å². The lowest BCUT2D eigenvalue weighted by Gasteiger charge is -2.09. The molecule has 0 atom stereocenters. The van der Waals surface area contributed by atoms with Gasteiger partial charge in [-0.25, -0.2) is 18.2 Å². The average molecular weight is 233 g/mol. The molecule has 0 aliphatic heterocycles. The summed E-state index contributed by atoms with van der Waals surface area (Å²) in [5.41, 5.74) is -3.65. The molecule has 0 aliphatic carbocycles. The Morgan fingerprint density at radius 2 is 1.67 bits per heavy atom. The second-order valence-corrected chi connectivity index (χ2v) is 2.49. The van der Waals surface area contributed by atoms with Gasteiger partial charge in [0.1, 0.15) is 17.1 Å². The van der Waals surface area contributed by atoms with Crippen molar-refractivity contribution in [1.29, 1.82) is 0 Å². The Bertz CT molecular complexity index is 347. The molecule has 0 bridgehead atoms. The Balaban J connectivity index is 3.34. The topological polar surface area (TPSA) is 12.9 Å². The zero-order valence-corrected chi connectivity index (χ0v) is 6.75. The first kappa shape index (κ1) is 11.7. The molecule has 0 radical (unpaired) electrons. The van der Waals surface area contributed by atoms with Crippen molar-refractivity contribution in [3.63, 3.8) is 0 Å². The van der Waals surface area contributed by atoms with E-state index in [9.17, 15) is 30.7 Å². The maximum absolute atomic E-state index is 12.6. The number of nitrogens with zero attached hydrogens (tertiary/aromatic N) is 1. The number of halogens is 7. The molecule has 84 valence electrons. The van der Waals surface area contributed by atoms with Crippen LogP contribution in [0, 0.1) is 11.8 Å². The molecular weight excluding hydrogens is 231 g/mol. The second-order valence-electron chi connectivity index (χ2n) is 2.49. The summed E-state index contributed by atoms with van der Waals surface area (Å²) in [6, 6.07) is -0.142. The van der Waals surface area contributed by atoms with Crippen molar-refractivity contribution in [2.45, 2.75) is 12.6 Å². The maximum Gasteiger partial charge on any atom is 0.423 e. The molecule has 1 aromatic rings. The van der Waals surface area contributed by atoms with Gasteiger partial charge < -0.3 is 0 Å². The SMILES string of the molecule is Fc1cc(C(F)F)nc(F)c1C(F)(F)F. The number of pyridine rings is 1. The highest BCUT2D eigenvalue weighted by atomic mass is 19.4. The summed E-state index contributed by atoms with van der Waals surface area (Å²) in [7, 11) is 0. The highest BCUT2D eigenvalue weighted by Crippen LogP contribution is 2.33. The van der Waals surface area contributed by atoms with E-state index < -0.39 is 35.6 Å². The number of hydrogen-bond acceptors (Lipinski definition) is 1. The summed E-state index contributed by atoms with van der Waals surface area (Å²) in [6.45, 7) is 0. The molecule has 0 N–H and O–H groups in total. The third-order valence-electron chi connectivity index (χ3n) is 1.45. The molecule has 0 saturated heterocycles. The van der Waals surface area contributed by atoms with Gasteiger partial charge in [0.25, 0.3) is 6.43 Å².